The minimum atomic E-state index is -3.73. The van der Waals surface area contributed by atoms with Crippen molar-refractivity contribution >= 4 is 43.4 Å². The molecule has 2 N–H and O–H groups in total. The van der Waals surface area contributed by atoms with Crippen LogP contribution in [0.5, 0.6) is 0 Å². The molecule has 0 aliphatic rings. The van der Waals surface area contributed by atoms with Crippen molar-refractivity contribution in [3.8, 4) is 0 Å². The monoisotopic (exact) mass is 328 g/mol. The molecule has 16 heavy (non-hydrogen) atoms. The zero-order valence-corrected chi connectivity index (χ0v) is 11.4. The number of amides is 1. The Hall–Kier alpha value is -0.640. The van der Waals surface area contributed by atoms with Crippen molar-refractivity contribution in [3.63, 3.8) is 0 Å². The van der Waals surface area contributed by atoms with E-state index >= 15 is 0 Å². The fourth-order valence-corrected chi connectivity index (χ4v) is 3.61. The topological polar surface area (TPSA) is 84.5 Å². The molecule has 0 atom stereocenters. The molecule has 1 rings (SSSR count). The molecule has 1 heterocycles. The molecule has 90 valence electrons. The van der Waals surface area contributed by atoms with Crippen LogP contribution in [0.4, 0.5) is 4.79 Å². The first kappa shape index (κ1) is 13.4. The van der Waals surface area contributed by atoms with Crippen LogP contribution < -0.4 is 10.3 Å². The Labute approximate surface area is 105 Å². The van der Waals surface area contributed by atoms with Crippen LogP contribution in [0.15, 0.2) is 20.1 Å². The molecule has 0 saturated heterocycles. The molecule has 0 aliphatic heterocycles. The third kappa shape index (κ3) is 3.74. The molecule has 0 radical (unpaired) electrons. The maximum atomic E-state index is 11.6. The van der Waals surface area contributed by atoms with E-state index in [0.29, 0.717) is 3.79 Å². The minimum absolute atomic E-state index is 0.0937. The Morgan fingerprint density at radius 2 is 2.25 bits per heavy atom. The molecular weight excluding hydrogens is 320 g/mol. The third-order valence-corrected chi connectivity index (χ3v) is 4.74. The average molecular weight is 329 g/mol. The van der Waals surface area contributed by atoms with Crippen LogP contribution in [0.2, 0.25) is 0 Å². The average Bonchev–Trinajstić information content (AvgIpc) is 2.63. The molecule has 0 saturated carbocycles. The van der Waals surface area contributed by atoms with E-state index in [1.54, 1.807) is 13.0 Å². The van der Waals surface area contributed by atoms with Gasteiger partial charge in [0.2, 0.25) is 0 Å². The Balaban J connectivity index is 2.63. The molecule has 1 aromatic rings. The molecule has 0 unspecified atom stereocenters. The molecule has 1 amide bonds. The van der Waals surface area contributed by atoms with E-state index in [1.807, 2.05) is 10.3 Å². The lowest BCUT2D eigenvalue weighted by atomic mass is 10.7. The lowest BCUT2D eigenvalue weighted by molar-refractivity contribution is 0.150. The SMILES string of the molecule is CCOC(=O)NNS(=O)(=O)c1ccc(Br)s1. The van der Waals surface area contributed by atoms with Gasteiger partial charge in [0.15, 0.2) is 0 Å². The zero-order valence-electron chi connectivity index (χ0n) is 8.19. The summed E-state index contributed by atoms with van der Waals surface area (Å²) in [4.78, 5) is 12.8. The summed E-state index contributed by atoms with van der Waals surface area (Å²) in [6, 6.07) is 3.02. The van der Waals surface area contributed by atoms with Crippen LogP contribution in [0, 0.1) is 0 Å². The molecule has 9 heteroatoms. The van der Waals surface area contributed by atoms with Crippen molar-refractivity contribution < 1.29 is 17.9 Å². The van der Waals surface area contributed by atoms with Gasteiger partial charge in [0, 0.05) is 0 Å². The van der Waals surface area contributed by atoms with Gasteiger partial charge in [0.05, 0.1) is 10.4 Å². The molecule has 0 fully saturated rings. The molecule has 1 aromatic heterocycles. The standard InChI is InChI=1S/C7H9BrN2O4S2/c1-2-14-7(11)9-10-16(12,13)6-4-3-5(8)15-6/h3-4,10H,2H2,1H3,(H,9,11). The Morgan fingerprint density at radius 3 is 2.75 bits per heavy atom. The first-order chi connectivity index (χ1) is 7.45. The number of ether oxygens (including phenoxy) is 1. The van der Waals surface area contributed by atoms with Crippen molar-refractivity contribution in [3.05, 3.63) is 15.9 Å². The van der Waals surface area contributed by atoms with Crippen LogP contribution in [-0.2, 0) is 14.8 Å². The molecule has 6 nitrogen and oxygen atoms in total. The molecule has 0 spiro atoms. The van der Waals surface area contributed by atoms with Gasteiger partial charge in [-0.15, -0.1) is 16.2 Å². The van der Waals surface area contributed by atoms with Gasteiger partial charge < -0.3 is 4.74 Å². The maximum Gasteiger partial charge on any atom is 0.422 e. The van der Waals surface area contributed by atoms with Gasteiger partial charge >= 0.3 is 6.09 Å². The Morgan fingerprint density at radius 1 is 1.56 bits per heavy atom. The van der Waals surface area contributed by atoms with Crippen LogP contribution in [0.3, 0.4) is 0 Å². The van der Waals surface area contributed by atoms with Crippen molar-refractivity contribution in [2.45, 2.75) is 11.1 Å². The van der Waals surface area contributed by atoms with Gasteiger partial charge in [-0.05, 0) is 35.0 Å². The fraction of sp³-hybridized carbons (Fsp3) is 0.286. The second-order valence-corrected chi connectivity index (χ2v) is 6.88. The Bertz CT molecular complexity index is 470. The molecule has 0 bridgehead atoms. The van der Waals surface area contributed by atoms with E-state index in [4.69, 9.17) is 0 Å². The van der Waals surface area contributed by atoms with E-state index in [-0.39, 0.29) is 10.8 Å². The number of hydrogen-bond donors (Lipinski definition) is 2. The number of hydrazine groups is 1. The third-order valence-electron chi connectivity index (χ3n) is 1.38. The van der Waals surface area contributed by atoms with E-state index in [0.717, 1.165) is 11.3 Å². The summed E-state index contributed by atoms with van der Waals surface area (Å²) in [6.45, 7) is 1.78. The summed E-state index contributed by atoms with van der Waals surface area (Å²) >= 11 is 4.18. The van der Waals surface area contributed by atoms with Gasteiger partial charge in [-0.25, -0.2) is 18.6 Å². The number of carbonyl (C=O) groups is 1. The second kappa shape index (κ2) is 5.62. The molecular formula is C7H9BrN2O4S2. The summed E-state index contributed by atoms with van der Waals surface area (Å²) in [7, 11) is -3.73. The molecule has 0 aliphatic carbocycles. The van der Waals surface area contributed by atoms with Crippen LogP contribution >= 0.6 is 27.3 Å². The summed E-state index contributed by atoms with van der Waals surface area (Å²) < 4.78 is 28.4. The lowest BCUT2D eigenvalue weighted by Crippen LogP contribution is -2.41. The molecule has 0 aromatic carbocycles. The normalized spacial score (nSPS) is 11.1. The van der Waals surface area contributed by atoms with Gasteiger partial charge in [-0.3, -0.25) is 0 Å². The predicted octanol–water partition coefficient (Wildman–Crippen LogP) is 1.45. The summed E-state index contributed by atoms with van der Waals surface area (Å²) in [5, 5.41) is 0. The van der Waals surface area contributed by atoms with Crippen molar-refractivity contribution in [1.82, 2.24) is 10.3 Å². The fourth-order valence-electron chi connectivity index (χ4n) is 0.768. The van der Waals surface area contributed by atoms with Crippen LogP contribution in [-0.4, -0.2) is 21.1 Å². The smallest absolute Gasteiger partial charge is 0.422 e. The number of thiophene rings is 1. The first-order valence-corrected chi connectivity index (χ1v) is 7.25. The summed E-state index contributed by atoms with van der Waals surface area (Å²) in [5.74, 6) is 0. The highest BCUT2D eigenvalue weighted by Gasteiger charge is 2.17. The zero-order chi connectivity index (χ0) is 12.2. The quantitative estimate of drug-likeness (QED) is 0.819. The lowest BCUT2D eigenvalue weighted by Gasteiger charge is -2.06. The van der Waals surface area contributed by atoms with Gasteiger partial charge in [0.25, 0.3) is 10.0 Å². The predicted molar refractivity (Wildman–Crippen MR) is 62.5 cm³/mol. The van der Waals surface area contributed by atoms with E-state index in [2.05, 4.69) is 20.7 Å². The van der Waals surface area contributed by atoms with E-state index in [1.165, 1.54) is 6.07 Å². The Kier molecular flexibility index (Phi) is 4.71. The highest BCUT2D eigenvalue weighted by atomic mass is 79.9. The number of rotatable bonds is 4. The van der Waals surface area contributed by atoms with Crippen LogP contribution in [0.1, 0.15) is 6.92 Å². The minimum Gasteiger partial charge on any atom is -0.449 e. The van der Waals surface area contributed by atoms with Crippen molar-refractivity contribution in [2.24, 2.45) is 0 Å². The summed E-state index contributed by atoms with van der Waals surface area (Å²) in [6.07, 6.45) is -0.846. The van der Waals surface area contributed by atoms with E-state index < -0.39 is 16.1 Å². The number of carbonyl (C=O) groups excluding carboxylic acids is 1. The highest BCUT2D eigenvalue weighted by Crippen LogP contribution is 2.25. The van der Waals surface area contributed by atoms with Gasteiger partial charge in [-0.2, -0.15) is 0 Å². The van der Waals surface area contributed by atoms with Gasteiger partial charge in [-0.1, -0.05) is 0 Å². The van der Waals surface area contributed by atoms with E-state index in [9.17, 15) is 13.2 Å². The second-order valence-electron chi connectivity index (χ2n) is 2.51. The number of hydrogen-bond acceptors (Lipinski definition) is 5. The van der Waals surface area contributed by atoms with Crippen LogP contribution in [0.25, 0.3) is 0 Å². The number of sulfonamides is 1. The largest absolute Gasteiger partial charge is 0.449 e. The number of nitrogens with one attached hydrogen (secondary N) is 2. The maximum absolute atomic E-state index is 11.6. The summed E-state index contributed by atoms with van der Waals surface area (Å²) in [5.41, 5.74) is 1.92. The first-order valence-electron chi connectivity index (χ1n) is 4.15. The van der Waals surface area contributed by atoms with Gasteiger partial charge in [0.1, 0.15) is 4.21 Å². The van der Waals surface area contributed by atoms with Crippen molar-refractivity contribution in [2.75, 3.05) is 6.61 Å². The van der Waals surface area contributed by atoms with Crippen molar-refractivity contribution in [1.29, 1.82) is 0 Å². The highest BCUT2D eigenvalue weighted by molar-refractivity contribution is 9.11. The number of halogens is 1.